The molecule has 1 aromatic carbocycles. The minimum absolute atomic E-state index is 0.277. The molecule has 0 aliphatic rings. The lowest BCUT2D eigenvalue weighted by Gasteiger charge is -2.05. The third kappa shape index (κ3) is 2.91. The van der Waals surface area contributed by atoms with Crippen molar-refractivity contribution in [1.29, 1.82) is 0 Å². The second-order valence-electron chi connectivity index (χ2n) is 2.49. The van der Waals surface area contributed by atoms with Gasteiger partial charge in [-0.05, 0) is 47.7 Å². The molecule has 0 atom stereocenters. The zero-order valence-electron chi connectivity index (χ0n) is 7.51. The molecule has 1 rings (SSSR count). The third-order valence-electron chi connectivity index (χ3n) is 1.48. The van der Waals surface area contributed by atoms with Crippen molar-refractivity contribution in [3.05, 3.63) is 33.1 Å². The first-order valence-corrected chi connectivity index (χ1v) is 5.10. The molecule has 1 amide bonds. The SMILES string of the molecule is CCONC(=O)c1cc(F)ccc1I. The molecular formula is C9H9FINO2. The molecule has 0 fully saturated rings. The topological polar surface area (TPSA) is 38.3 Å². The van der Waals surface area contributed by atoms with E-state index < -0.39 is 11.7 Å². The van der Waals surface area contributed by atoms with Crippen LogP contribution >= 0.6 is 22.6 Å². The molecule has 14 heavy (non-hydrogen) atoms. The molecular weight excluding hydrogens is 300 g/mol. The van der Waals surface area contributed by atoms with Gasteiger partial charge in [-0.2, -0.15) is 0 Å². The van der Waals surface area contributed by atoms with Crippen molar-refractivity contribution in [2.45, 2.75) is 6.92 Å². The number of hydroxylamine groups is 1. The molecule has 0 aromatic heterocycles. The van der Waals surface area contributed by atoms with Crippen LogP contribution in [-0.2, 0) is 4.84 Å². The molecule has 0 radical (unpaired) electrons. The van der Waals surface area contributed by atoms with Crippen molar-refractivity contribution in [3.8, 4) is 0 Å². The predicted molar refractivity (Wildman–Crippen MR) is 58.2 cm³/mol. The van der Waals surface area contributed by atoms with Crippen LogP contribution in [0.1, 0.15) is 17.3 Å². The lowest BCUT2D eigenvalue weighted by molar-refractivity contribution is 0.0363. The Morgan fingerprint density at radius 1 is 1.64 bits per heavy atom. The summed E-state index contributed by atoms with van der Waals surface area (Å²) in [5.41, 5.74) is 2.48. The van der Waals surface area contributed by atoms with Crippen LogP contribution < -0.4 is 5.48 Å². The summed E-state index contributed by atoms with van der Waals surface area (Å²) < 4.78 is 13.5. The van der Waals surface area contributed by atoms with Gasteiger partial charge in [-0.1, -0.05) is 0 Å². The van der Waals surface area contributed by atoms with Gasteiger partial charge in [0.25, 0.3) is 5.91 Å². The number of hydrogen-bond donors (Lipinski definition) is 1. The van der Waals surface area contributed by atoms with Gasteiger partial charge in [0.15, 0.2) is 0 Å². The number of amides is 1. The average Bonchev–Trinajstić information content (AvgIpc) is 2.18. The van der Waals surface area contributed by atoms with Gasteiger partial charge in [0.2, 0.25) is 0 Å². The van der Waals surface area contributed by atoms with Crippen molar-refractivity contribution in [2.24, 2.45) is 0 Å². The van der Waals surface area contributed by atoms with Crippen molar-refractivity contribution in [2.75, 3.05) is 6.61 Å². The van der Waals surface area contributed by atoms with E-state index >= 15 is 0 Å². The number of halogens is 2. The number of carbonyl (C=O) groups excluding carboxylic acids is 1. The van der Waals surface area contributed by atoms with Crippen LogP contribution in [0.15, 0.2) is 18.2 Å². The van der Waals surface area contributed by atoms with E-state index in [1.54, 1.807) is 6.92 Å². The number of rotatable bonds is 3. The highest BCUT2D eigenvalue weighted by molar-refractivity contribution is 14.1. The van der Waals surface area contributed by atoms with E-state index in [0.29, 0.717) is 10.2 Å². The summed E-state index contributed by atoms with van der Waals surface area (Å²) >= 11 is 1.96. The van der Waals surface area contributed by atoms with Gasteiger partial charge < -0.3 is 0 Å². The molecule has 5 heteroatoms. The van der Waals surface area contributed by atoms with Gasteiger partial charge in [0, 0.05) is 3.57 Å². The zero-order chi connectivity index (χ0) is 10.6. The Hall–Kier alpha value is -0.690. The van der Waals surface area contributed by atoms with Gasteiger partial charge in [-0.25, -0.2) is 9.87 Å². The number of nitrogens with one attached hydrogen (secondary N) is 1. The molecule has 0 heterocycles. The third-order valence-corrected chi connectivity index (χ3v) is 2.42. The standard InChI is InChI=1S/C9H9FINO2/c1-2-14-12-9(13)7-5-6(10)3-4-8(7)11/h3-5H,2H2,1H3,(H,12,13). The molecule has 0 saturated carbocycles. The number of benzene rings is 1. The zero-order valence-corrected chi connectivity index (χ0v) is 9.67. The fourth-order valence-electron chi connectivity index (χ4n) is 0.864. The van der Waals surface area contributed by atoms with Crippen LogP contribution in [-0.4, -0.2) is 12.5 Å². The summed E-state index contributed by atoms with van der Waals surface area (Å²) in [6.45, 7) is 2.12. The van der Waals surface area contributed by atoms with Crippen LogP contribution in [0, 0.1) is 9.39 Å². The van der Waals surface area contributed by atoms with Gasteiger partial charge in [-0.3, -0.25) is 9.63 Å². The fraction of sp³-hybridized carbons (Fsp3) is 0.222. The molecule has 1 aromatic rings. The van der Waals surface area contributed by atoms with Crippen molar-refractivity contribution < 1.29 is 14.0 Å². The molecule has 0 aliphatic carbocycles. The minimum atomic E-state index is -0.438. The predicted octanol–water partition coefficient (Wildman–Crippen LogP) is 2.11. The molecule has 0 bridgehead atoms. The number of hydrogen-bond acceptors (Lipinski definition) is 2. The monoisotopic (exact) mass is 309 g/mol. The molecule has 0 aliphatic heterocycles. The summed E-state index contributed by atoms with van der Waals surface area (Å²) in [4.78, 5) is 16.1. The van der Waals surface area contributed by atoms with E-state index in [1.165, 1.54) is 18.2 Å². The van der Waals surface area contributed by atoms with Crippen molar-refractivity contribution in [1.82, 2.24) is 5.48 Å². The fourth-order valence-corrected chi connectivity index (χ4v) is 1.44. The van der Waals surface area contributed by atoms with Crippen molar-refractivity contribution in [3.63, 3.8) is 0 Å². The van der Waals surface area contributed by atoms with Gasteiger partial charge >= 0.3 is 0 Å². The van der Waals surface area contributed by atoms with E-state index in [2.05, 4.69) is 5.48 Å². The van der Waals surface area contributed by atoms with Gasteiger partial charge in [-0.15, -0.1) is 0 Å². The largest absolute Gasteiger partial charge is 0.276 e. The van der Waals surface area contributed by atoms with Crippen molar-refractivity contribution >= 4 is 28.5 Å². The number of carbonyl (C=O) groups is 1. The van der Waals surface area contributed by atoms with Gasteiger partial charge in [0.1, 0.15) is 5.82 Å². The second kappa shape index (κ2) is 5.26. The summed E-state index contributed by atoms with van der Waals surface area (Å²) in [7, 11) is 0. The quantitative estimate of drug-likeness (QED) is 0.686. The first-order valence-electron chi connectivity index (χ1n) is 4.02. The highest BCUT2D eigenvalue weighted by Crippen LogP contribution is 2.13. The second-order valence-corrected chi connectivity index (χ2v) is 3.65. The van der Waals surface area contributed by atoms with Crippen LogP contribution in [0.25, 0.3) is 0 Å². The Balaban J connectivity index is 2.83. The van der Waals surface area contributed by atoms with Crippen LogP contribution in [0.5, 0.6) is 0 Å². The Labute approximate surface area is 94.7 Å². The lowest BCUT2D eigenvalue weighted by Crippen LogP contribution is -2.24. The smallest absolute Gasteiger partial charge is 0.274 e. The first-order chi connectivity index (χ1) is 6.65. The Morgan fingerprint density at radius 3 is 3.00 bits per heavy atom. The Morgan fingerprint density at radius 2 is 2.36 bits per heavy atom. The molecule has 0 spiro atoms. The van der Waals surface area contributed by atoms with Crippen LogP contribution in [0.4, 0.5) is 4.39 Å². The van der Waals surface area contributed by atoms with E-state index in [4.69, 9.17) is 4.84 Å². The summed E-state index contributed by atoms with van der Waals surface area (Å²) in [5, 5.41) is 0. The van der Waals surface area contributed by atoms with Crippen LogP contribution in [0.3, 0.4) is 0 Å². The molecule has 0 unspecified atom stereocenters. The maximum absolute atomic E-state index is 12.8. The minimum Gasteiger partial charge on any atom is -0.274 e. The van der Waals surface area contributed by atoms with E-state index in [-0.39, 0.29) is 5.56 Å². The molecule has 0 saturated heterocycles. The normalized spacial score (nSPS) is 9.93. The Bertz CT molecular complexity index is 344. The molecule has 3 nitrogen and oxygen atoms in total. The summed E-state index contributed by atoms with van der Waals surface area (Å²) in [5.74, 6) is -0.872. The van der Waals surface area contributed by atoms with Gasteiger partial charge in [0.05, 0.1) is 12.2 Å². The molecule has 76 valence electrons. The molecule has 1 N–H and O–H groups in total. The lowest BCUT2D eigenvalue weighted by atomic mass is 10.2. The van der Waals surface area contributed by atoms with E-state index in [0.717, 1.165) is 0 Å². The highest BCUT2D eigenvalue weighted by atomic mass is 127. The summed E-state index contributed by atoms with van der Waals surface area (Å²) in [6.07, 6.45) is 0. The summed E-state index contributed by atoms with van der Waals surface area (Å²) in [6, 6.07) is 4.02. The maximum Gasteiger partial charge on any atom is 0.276 e. The van der Waals surface area contributed by atoms with E-state index in [9.17, 15) is 9.18 Å². The highest BCUT2D eigenvalue weighted by Gasteiger charge is 2.10. The maximum atomic E-state index is 12.8. The van der Waals surface area contributed by atoms with E-state index in [1.807, 2.05) is 22.6 Å². The Kier molecular flexibility index (Phi) is 4.27. The first kappa shape index (κ1) is 11.4. The van der Waals surface area contributed by atoms with Crippen LogP contribution in [0.2, 0.25) is 0 Å². The average molecular weight is 309 g/mol.